The van der Waals surface area contributed by atoms with E-state index in [2.05, 4.69) is 33.0 Å². The minimum atomic E-state index is 0.853. The van der Waals surface area contributed by atoms with Crippen LogP contribution in [0.2, 0.25) is 0 Å². The predicted octanol–water partition coefficient (Wildman–Crippen LogP) is 3.69. The van der Waals surface area contributed by atoms with Gasteiger partial charge in [0.25, 0.3) is 0 Å². The van der Waals surface area contributed by atoms with E-state index in [1.165, 1.54) is 38.8 Å². The number of nitrogens with one attached hydrogen (secondary N) is 1. The summed E-state index contributed by atoms with van der Waals surface area (Å²) in [6.45, 7) is 12.0. The van der Waals surface area contributed by atoms with Crippen molar-refractivity contribution in [1.82, 2.24) is 5.32 Å². The second-order valence-electron chi connectivity index (χ2n) is 5.62. The van der Waals surface area contributed by atoms with Crippen LogP contribution in [0, 0.1) is 23.7 Å². The summed E-state index contributed by atoms with van der Waals surface area (Å²) in [5, 5.41) is 3.57. The van der Waals surface area contributed by atoms with E-state index in [4.69, 9.17) is 0 Å². The standard InChI is InChI=1S/C14H29N/c1-5-12(6-2)14-7-8-15-10-13(14)9-11(3)4/h11-15H,5-10H2,1-4H3. The minimum Gasteiger partial charge on any atom is -0.316 e. The van der Waals surface area contributed by atoms with Crippen LogP contribution in [0.15, 0.2) is 0 Å². The molecule has 0 spiro atoms. The third-order valence-corrected chi connectivity index (χ3v) is 4.09. The van der Waals surface area contributed by atoms with Crippen LogP contribution in [-0.4, -0.2) is 13.1 Å². The highest BCUT2D eigenvalue weighted by Gasteiger charge is 2.29. The first-order chi connectivity index (χ1) is 7.19. The van der Waals surface area contributed by atoms with Crippen LogP contribution < -0.4 is 5.32 Å². The summed E-state index contributed by atoms with van der Waals surface area (Å²) in [6.07, 6.45) is 5.56. The van der Waals surface area contributed by atoms with Gasteiger partial charge in [0.15, 0.2) is 0 Å². The third kappa shape index (κ3) is 3.79. The van der Waals surface area contributed by atoms with Gasteiger partial charge in [0, 0.05) is 0 Å². The molecule has 1 heterocycles. The fourth-order valence-electron chi connectivity index (χ4n) is 3.32. The van der Waals surface area contributed by atoms with Gasteiger partial charge in [-0.1, -0.05) is 40.5 Å². The Kier molecular flexibility index (Phi) is 5.66. The molecule has 1 fully saturated rings. The van der Waals surface area contributed by atoms with E-state index in [0.717, 1.165) is 23.7 Å². The average Bonchev–Trinajstić information content (AvgIpc) is 2.21. The van der Waals surface area contributed by atoms with Crippen molar-refractivity contribution in [2.75, 3.05) is 13.1 Å². The van der Waals surface area contributed by atoms with Gasteiger partial charge in [0.1, 0.15) is 0 Å². The molecule has 1 aliphatic heterocycles. The summed E-state index contributed by atoms with van der Waals surface area (Å²) in [5.41, 5.74) is 0. The fourth-order valence-corrected chi connectivity index (χ4v) is 3.32. The monoisotopic (exact) mass is 211 g/mol. The van der Waals surface area contributed by atoms with E-state index in [-0.39, 0.29) is 0 Å². The molecule has 15 heavy (non-hydrogen) atoms. The van der Waals surface area contributed by atoms with E-state index >= 15 is 0 Å². The summed E-state index contributed by atoms with van der Waals surface area (Å²) in [5.74, 6) is 3.75. The van der Waals surface area contributed by atoms with Crippen LogP contribution in [0.5, 0.6) is 0 Å². The summed E-state index contributed by atoms with van der Waals surface area (Å²) in [7, 11) is 0. The Bertz CT molecular complexity index is 161. The second kappa shape index (κ2) is 6.52. The molecule has 0 radical (unpaired) electrons. The molecule has 1 heteroatoms. The molecule has 0 aromatic carbocycles. The quantitative estimate of drug-likeness (QED) is 0.731. The van der Waals surface area contributed by atoms with Crippen molar-refractivity contribution < 1.29 is 0 Å². The lowest BCUT2D eigenvalue weighted by atomic mass is 9.72. The first-order valence-electron chi connectivity index (χ1n) is 6.89. The molecule has 1 N–H and O–H groups in total. The van der Waals surface area contributed by atoms with Crippen LogP contribution in [0.25, 0.3) is 0 Å². The Balaban J connectivity index is 2.55. The smallest absolute Gasteiger partial charge is 0.00177 e. The zero-order chi connectivity index (χ0) is 11.3. The summed E-state index contributed by atoms with van der Waals surface area (Å²) in [6, 6.07) is 0. The van der Waals surface area contributed by atoms with Crippen LogP contribution in [0.4, 0.5) is 0 Å². The van der Waals surface area contributed by atoms with Gasteiger partial charge < -0.3 is 5.32 Å². The van der Waals surface area contributed by atoms with Crippen molar-refractivity contribution in [2.45, 2.75) is 53.4 Å². The van der Waals surface area contributed by atoms with Crippen molar-refractivity contribution in [3.05, 3.63) is 0 Å². The normalized spacial score (nSPS) is 27.6. The molecule has 2 unspecified atom stereocenters. The Morgan fingerprint density at radius 2 is 1.87 bits per heavy atom. The Morgan fingerprint density at radius 1 is 1.20 bits per heavy atom. The average molecular weight is 211 g/mol. The van der Waals surface area contributed by atoms with E-state index in [9.17, 15) is 0 Å². The van der Waals surface area contributed by atoms with Crippen molar-refractivity contribution in [3.63, 3.8) is 0 Å². The third-order valence-electron chi connectivity index (χ3n) is 4.09. The predicted molar refractivity (Wildman–Crippen MR) is 68.0 cm³/mol. The summed E-state index contributed by atoms with van der Waals surface area (Å²) >= 11 is 0. The van der Waals surface area contributed by atoms with Gasteiger partial charge in [-0.15, -0.1) is 0 Å². The van der Waals surface area contributed by atoms with Crippen LogP contribution >= 0.6 is 0 Å². The number of hydrogen-bond acceptors (Lipinski definition) is 1. The number of rotatable bonds is 5. The van der Waals surface area contributed by atoms with E-state index in [1.807, 2.05) is 0 Å². The maximum Gasteiger partial charge on any atom is -0.00177 e. The Labute approximate surface area is 96.0 Å². The van der Waals surface area contributed by atoms with Gasteiger partial charge in [0.2, 0.25) is 0 Å². The van der Waals surface area contributed by atoms with Crippen molar-refractivity contribution in [1.29, 1.82) is 0 Å². The number of piperidine rings is 1. The Morgan fingerprint density at radius 3 is 2.40 bits per heavy atom. The zero-order valence-electron chi connectivity index (χ0n) is 11.1. The molecule has 2 atom stereocenters. The molecule has 90 valence electrons. The van der Waals surface area contributed by atoms with Crippen LogP contribution in [-0.2, 0) is 0 Å². The van der Waals surface area contributed by atoms with Gasteiger partial charge in [-0.2, -0.15) is 0 Å². The molecule has 0 aromatic rings. The van der Waals surface area contributed by atoms with Crippen molar-refractivity contribution >= 4 is 0 Å². The van der Waals surface area contributed by atoms with Gasteiger partial charge in [-0.3, -0.25) is 0 Å². The first kappa shape index (κ1) is 13.0. The van der Waals surface area contributed by atoms with Crippen molar-refractivity contribution in [3.8, 4) is 0 Å². The van der Waals surface area contributed by atoms with Gasteiger partial charge in [-0.25, -0.2) is 0 Å². The van der Waals surface area contributed by atoms with E-state index < -0.39 is 0 Å². The molecule has 0 aromatic heterocycles. The van der Waals surface area contributed by atoms with Crippen LogP contribution in [0.1, 0.15) is 53.4 Å². The van der Waals surface area contributed by atoms with E-state index in [0.29, 0.717) is 0 Å². The van der Waals surface area contributed by atoms with E-state index in [1.54, 1.807) is 0 Å². The maximum absolute atomic E-state index is 3.57. The molecular weight excluding hydrogens is 182 g/mol. The topological polar surface area (TPSA) is 12.0 Å². The van der Waals surface area contributed by atoms with Gasteiger partial charge in [0.05, 0.1) is 0 Å². The summed E-state index contributed by atoms with van der Waals surface area (Å²) < 4.78 is 0. The highest BCUT2D eigenvalue weighted by molar-refractivity contribution is 4.82. The molecule has 1 rings (SSSR count). The highest BCUT2D eigenvalue weighted by atomic mass is 14.9. The van der Waals surface area contributed by atoms with Crippen LogP contribution in [0.3, 0.4) is 0 Å². The molecule has 0 bridgehead atoms. The SMILES string of the molecule is CCC(CC)C1CCNCC1CC(C)C. The molecule has 0 saturated carbocycles. The lowest BCUT2D eigenvalue weighted by Gasteiger charge is -2.38. The molecule has 1 saturated heterocycles. The first-order valence-corrected chi connectivity index (χ1v) is 6.89. The zero-order valence-corrected chi connectivity index (χ0v) is 11.1. The molecule has 0 amide bonds. The molecular formula is C14H29N. The molecule has 0 aliphatic carbocycles. The summed E-state index contributed by atoms with van der Waals surface area (Å²) in [4.78, 5) is 0. The second-order valence-corrected chi connectivity index (χ2v) is 5.62. The maximum atomic E-state index is 3.57. The Hall–Kier alpha value is -0.0400. The fraction of sp³-hybridized carbons (Fsp3) is 1.00. The van der Waals surface area contributed by atoms with Gasteiger partial charge >= 0.3 is 0 Å². The number of hydrogen-bond donors (Lipinski definition) is 1. The molecule has 1 nitrogen and oxygen atoms in total. The minimum absolute atomic E-state index is 0.853. The largest absolute Gasteiger partial charge is 0.316 e. The van der Waals surface area contributed by atoms with Crippen molar-refractivity contribution in [2.24, 2.45) is 23.7 Å². The molecule has 1 aliphatic rings. The van der Waals surface area contributed by atoms with Gasteiger partial charge in [-0.05, 0) is 49.6 Å². The highest BCUT2D eigenvalue weighted by Crippen LogP contribution is 2.34. The lowest BCUT2D eigenvalue weighted by molar-refractivity contribution is 0.145. The lowest BCUT2D eigenvalue weighted by Crippen LogP contribution is -2.40.